The molecule has 1 saturated carbocycles. The highest BCUT2D eigenvalue weighted by Crippen LogP contribution is 2.27. The predicted octanol–water partition coefficient (Wildman–Crippen LogP) is 2.08. The molecule has 1 aromatic carbocycles. The van der Waals surface area contributed by atoms with E-state index in [1.165, 1.54) is 0 Å². The molecule has 1 fully saturated rings. The second-order valence-electron chi connectivity index (χ2n) is 7.17. The van der Waals surface area contributed by atoms with Crippen LogP contribution in [0.25, 0.3) is 0 Å². The molecule has 3 N–H and O–H groups in total. The SMILES string of the molecule is Cc1ccc(C)c(NC(=O)CN(CCC(=O)NCCCC(=O)O)C2CC2)c1. The van der Waals surface area contributed by atoms with Gasteiger partial charge in [-0.15, -0.1) is 0 Å². The number of carbonyl (C=O) groups is 3. The molecule has 7 heteroatoms. The standard InChI is InChI=1S/C20H29N3O4/c1-14-5-6-15(2)17(12-14)22-19(25)13-23(16-7-8-16)11-9-18(24)21-10-3-4-20(26)27/h5-6,12,16H,3-4,7-11,13H2,1-2H3,(H,21,24)(H,22,25)(H,26,27). The minimum Gasteiger partial charge on any atom is -0.481 e. The normalized spacial score (nSPS) is 13.4. The average molecular weight is 375 g/mol. The second-order valence-corrected chi connectivity index (χ2v) is 7.17. The molecule has 7 nitrogen and oxygen atoms in total. The van der Waals surface area contributed by atoms with E-state index in [2.05, 4.69) is 15.5 Å². The Hall–Kier alpha value is -2.41. The first-order valence-electron chi connectivity index (χ1n) is 9.45. The molecule has 27 heavy (non-hydrogen) atoms. The molecule has 0 aliphatic heterocycles. The molecule has 0 radical (unpaired) electrons. The number of carboxylic acids is 1. The van der Waals surface area contributed by atoms with E-state index < -0.39 is 5.97 Å². The fourth-order valence-corrected chi connectivity index (χ4v) is 2.88. The molecular weight excluding hydrogens is 346 g/mol. The van der Waals surface area contributed by atoms with Crippen molar-refractivity contribution in [3.05, 3.63) is 29.3 Å². The zero-order valence-corrected chi connectivity index (χ0v) is 16.1. The minimum absolute atomic E-state index is 0.0486. The summed E-state index contributed by atoms with van der Waals surface area (Å²) in [4.78, 5) is 36.8. The van der Waals surface area contributed by atoms with E-state index in [-0.39, 0.29) is 24.8 Å². The zero-order valence-electron chi connectivity index (χ0n) is 16.1. The molecule has 0 saturated heterocycles. The molecule has 2 amide bonds. The van der Waals surface area contributed by atoms with Crippen molar-refractivity contribution in [3.63, 3.8) is 0 Å². The lowest BCUT2D eigenvalue weighted by atomic mass is 10.1. The molecule has 0 aromatic heterocycles. The van der Waals surface area contributed by atoms with Crippen LogP contribution in [0.3, 0.4) is 0 Å². The molecule has 2 rings (SSSR count). The number of nitrogens with one attached hydrogen (secondary N) is 2. The first-order chi connectivity index (χ1) is 12.8. The molecule has 1 aliphatic carbocycles. The number of carbonyl (C=O) groups excluding carboxylic acids is 2. The molecular formula is C20H29N3O4. The first-order valence-corrected chi connectivity index (χ1v) is 9.45. The lowest BCUT2D eigenvalue weighted by Gasteiger charge is -2.21. The Morgan fingerprint density at radius 3 is 2.56 bits per heavy atom. The highest BCUT2D eigenvalue weighted by Gasteiger charge is 2.30. The van der Waals surface area contributed by atoms with Crippen molar-refractivity contribution < 1.29 is 19.5 Å². The zero-order chi connectivity index (χ0) is 19.8. The van der Waals surface area contributed by atoms with Gasteiger partial charge in [-0.3, -0.25) is 19.3 Å². The second kappa shape index (κ2) is 10.1. The van der Waals surface area contributed by atoms with Crippen LogP contribution in [0, 0.1) is 13.8 Å². The summed E-state index contributed by atoms with van der Waals surface area (Å²) in [5, 5.41) is 14.3. The van der Waals surface area contributed by atoms with Gasteiger partial charge < -0.3 is 15.7 Å². The molecule has 0 atom stereocenters. The summed E-state index contributed by atoms with van der Waals surface area (Å²) in [6.45, 7) is 5.10. The number of hydrogen-bond donors (Lipinski definition) is 3. The lowest BCUT2D eigenvalue weighted by molar-refractivity contribution is -0.137. The van der Waals surface area contributed by atoms with Crippen LogP contribution in [0.5, 0.6) is 0 Å². The Kier molecular flexibility index (Phi) is 7.79. The maximum absolute atomic E-state index is 12.4. The van der Waals surface area contributed by atoms with Gasteiger partial charge in [-0.05, 0) is 50.3 Å². The van der Waals surface area contributed by atoms with Gasteiger partial charge in [-0.25, -0.2) is 0 Å². The number of hydrogen-bond acceptors (Lipinski definition) is 4. The van der Waals surface area contributed by atoms with Crippen molar-refractivity contribution in [2.45, 2.75) is 52.0 Å². The van der Waals surface area contributed by atoms with Gasteiger partial charge in [0.05, 0.1) is 6.54 Å². The maximum Gasteiger partial charge on any atom is 0.303 e. The number of amides is 2. The van der Waals surface area contributed by atoms with Crippen molar-refractivity contribution in [2.24, 2.45) is 0 Å². The highest BCUT2D eigenvalue weighted by atomic mass is 16.4. The summed E-state index contributed by atoms with van der Waals surface area (Å²) < 4.78 is 0. The Balaban J connectivity index is 1.76. The summed E-state index contributed by atoms with van der Waals surface area (Å²) in [6, 6.07) is 6.32. The Morgan fingerprint density at radius 2 is 1.89 bits per heavy atom. The quantitative estimate of drug-likeness (QED) is 0.514. The van der Waals surface area contributed by atoms with Gasteiger partial charge in [-0.1, -0.05) is 12.1 Å². The summed E-state index contributed by atoms with van der Waals surface area (Å²) in [7, 11) is 0. The van der Waals surface area contributed by atoms with Gasteiger partial charge in [0.15, 0.2) is 0 Å². The van der Waals surface area contributed by atoms with E-state index in [0.29, 0.717) is 32.0 Å². The number of aryl methyl sites for hydroxylation is 2. The van der Waals surface area contributed by atoms with E-state index in [0.717, 1.165) is 29.7 Å². The van der Waals surface area contributed by atoms with Gasteiger partial charge in [-0.2, -0.15) is 0 Å². The van der Waals surface area contributed by atoms with Crippen molar-refractivity contribution in [3.8, 4) is 0 Å². The topological polar surface area (TPSA) is 98.7 Å². The molecule has 148 valence electrons. The highest BCUT2D eigenvalue weighted by molar-refractivity contribution is 5.93. The van der Waals surface area contributed by atoms with Crippen LogP contribution >= 0.6 is 0 Å². The number of aliphatic carboxylic acids is 1. The summed E-state index contributed by atoms with van der Waals surface area (Å²) in [5.74, 6) is -1.04. The third-order valence-electron chi connectivity index (χ3n) is 4.59. The monoisotopic (exact) mass is 375 g/mol. The largest absolute Gasteiger partial charge is 0.481 e. The van der Waals surface area contributed by atoms with Crippen molar-refractivity contribution in [1.82, 2.24) is 10.2 Å². The van der Waals surface area contributed by atoms with Crippen LogP contribution in [0.15, 0.2) is 18.2 Å². The smallest absolute Gasteiger partial charge is 0.303 e. The molecule has 0 spiro atoms. The third-order valence-corrected chi connectivity index (χ3v) is 4.59. The van der Waals surface area contributed by atoms with E-state index in [1.807, 2.05) is 32.0 Å². The Morgan fingerprint density at radius 1 is 1.15 bits per heavy atom. The van der Waals surface area contributed by atoms with Gasteiger partial charge in [0.25, 0.3) is 0 Å². The molecule has 0 heterocycles. The van der Waals surface area contributed by atoms with E-state index in [4.69, 9.17) is 5.11 Å². The number of benzene rings is 1. The van der Waals surface area contributed by atoms with E-state index in [1.54, 1.807) is 0 Å². The minimum atomic E-state index is -0.862. The molecule has 0 unspecified atom stereocenters. The van der Waals surface area contributed by atoms with Crippen LogP contribution < -0.4 is 10.6 Å². The van der Waals surface area contributed by atoms with Crippen LogP contribution in [0.4, 0.5) is 5.69 Å². The van der Waals surface area contributed by atoms with Crippen LogP contribution in [-0.2, 0) is 14.4 Å². The average Bonchev–Trinajstić information content (AvgIpc) is 3.43. The van der Waals surface area contributed by atoms with Gasteiger partial charge in [0.1, 0.15) is 0 Å². The Labute approximate surface area is 160 Å². The van der Waals surface area contributed by atoms with E-state index >= 15 is 0 Å². The number of carboxylic acid groups (broad SMARTS) is 1. The fourth-order valence-electron chi connectivity index (χ4n) is 2.88. The van der Waals surface area contributed by atoms with Crippen molar-refractivity contribution in [2.75, 3.05) is 25.0 Å². The summed E-state index contributed by atoms with van der Waals surface area (Å²) in [5.41, 5.74) is 2.94. The first kappa shape index (κ1) is 20.9. The van der Waals surface area contributed by atoms with Gasteiger partial charge in [0.2, 0.25) is 11.8 Å². The van der Waals surface area contributed by atoms with Crippen LogP contribution in [0.2, 0.25) is 0 Å². The van der Waals surface area contributed by atoms with Gasteiger partial charge in [0, 0.05) is 37.7 Å². The fraction of sp³-hybridized carbons (Fsp3) is 0.550. The van der Waals surface area contributed by atoms with Gasteiger partial charge >= 0.3 is 5.97 Å². The number of nitrogens with zero attached hydrogens (tertiary/aromatic N) is 1. The summed E-state index contributed by atoms with van der Waals surface area (Å²) >= 11 is 0. The lowest BCUT2D eigenvalue weighted by Crippen LogP contribution is -2.38. The molecule has 1 aromatic rings. The maximum atomic E-state index is 12.4. The number of anilines is 1. The van der Waals surface area contributed by atoms with Crippen LogP contribution in [-0.4, -0.2) is 53.5 Å². The molecule has 1 aliphatic rings. The third kappa shape index (κ3) is 7.78. The number of rotatable bonds is 11. The Bertz CT molecular complexity index is 686. The van der Waals surface area contributed by atoms with E-state index in [9.17, 15) is 14.4 Å². The van der Waals surface area contributed by atoms with Crippen LogP contribution in [0.1, 0.15) is 43.2 Å². The van der Waals surface area contributed by atoms with Crippen molar-refractivity contribution >= 4 is 23.5 Å². The predicted molar refractivity (Wildman–Crippen MR) is 104 cm³/mol. The summed E-state index contributed by atoms with van der Waals surface area (Å²) in [6.07, 6.45) is 2.88. The van der Waals surface area contributed by atoms with Crippen molar-refractivity contribution in [1.29, 1.82) is 0 Å². The molecule has 0 bridgehead atoms.